The molecule has 7 heteroatoms. The van der Waals surface area contributed by atoms with E-state index >= 15 is 0 Å². The van der Waals surface area contributed by atoms with Crippen molar-refractivity contribution >= 4 is 5.78 Å². The highest BCUT2D eigenvalue weighted by Crippen LogP contribution is 2.63. The molecule has 2 bridgehead atoms. The minimum Gasteiger partial charge on any atom is -0.499 e. The van der Waals surface area contributed by atoms with Gasteiger partial charge in [-0.15, -0.1) is 6.58 Å². The van der Waals surface area contributed by atoms with Crippen molar-refractivity contribution in [1.82, 2.24) is 0 Å². The summed E-state index contributed by atoms with van der Waals surface area (Å²) in [5.41, 5.74) is -1.62. The monoisotopic (exact) mass is 402 g/mol. The number of ketones is 1. The molecule has 0 saturated heterocycles. The van der Waals surface area contributed by atoms with Gasteiger partial charge in [0.2, 0.25) is 12.5 Å². The first-order valence-electron chi connectivity index (χ1n) is 9.54. The fourth-order valence-electron chi connectivity index (χ4n) is 5.36. The molecule has 1 aliphatic heterocycles. The van der Waals surface area contributed by atoms with Crippen molar-refractivity contribution in [2.75, 3.05) is 28.1 Å². The van der Waals surface area contributed by atoms with Crippen molar-refractivity contribution in [2.24, 2.45) is 11.3 Å². The van der Waals surface area contributed by atoms with Crippen LogP contribution in [0.1, 0.15) is 24.8 Å². The molecule has 156 valence electrons. The maximum atomic E-state index is 13.8. The van der Waals surface area contributed by atoms with Gasteiger partial charge >= 0.3 is 0 Å². The Balaban J connectivity index is 1.96. The molecule has 5 unspecified atom stereocenters. The molecule has 4 rings (SSSR count). The molecule has 2 aliphatic carbocycles. The molecule has 1 aromatic carbocycles. The third-order valence-corrected chi connectivity index (χ3v) is 6.72. The summed E-state index contributed by atoms with van der Waals surface area (Å²) >= 11 is 0. The van der Waals surface area contributed by atoms with E-state index in [0.29, 0.717) is 29.4 Å². The van der Waals surface area contributed by atoms with Crippen molar-refractivity contribution in [2.45, 2.75) is 31.0 Å². The number of benzene rings is 1. The van der Waals surface area contributed by atoms with E-state index in [1.165, 1.54) is 14.2 Å². The molecule has 1 N–H and O–H groups in total. The van der Waals surface area contributed by atoms with E-state index in [4.69, 9.17) is 23.7 Å². The quantitative estimate of drug-likeness (QED) is 0.732. The molecule has 3 aliphatic rings. The first-order chi connectivity index (χ1) is 13.9. The number of methoxy groups -OCH3 is 3. The Kier molecular flexibility index (Phi) is 4.63. The van der Waals surface area contributed by atoms with Crippen molar-refractivity contribution < 1.29 is 33.6 Å². The van der Waals surface area contributed by atoms with Gasteiger partial charge in [0, 0.05) is 13.0 Å². The minimum atomic E-state index is -1.50. The highest BCUT2D eigenvalue weighted by atomic mass is 16.7. The Morgan fingerprint density at radius 3 is 2.66 bits per heavy atom. The van der Waals surface area contributed by atoms with Gasteiger partial charge in [-0.25, -0.2) is 0 Å². The molecule has 0 amide bonds. The number of ether oxygens (including phenoxy) is 5. The number of carbonyl (C=O) groups excluding carboxylic acids is 1. The predicted molar refractivity (Wildman–Crippen MR) is 104 cm³/mol. The number of hydrogen-bond donors (Lipinski definition) is 1. The standard InChI is InChI=1S/C22H26O7/c1-6-7-21-10-16(26-4)19(23)22(27-5,20(21)24)17(12(21)2)13-8-14(25-3)18-15(9-13)28-11-29-18/h6,8-10,12,17,19,23H,1,7,11H2,2-5H3. The fraction of sp³-hybridized carbons (Fsp3) is 0.500. The van der Waals surface area contributed by atoms with Crippen LogP contribution >= 0.6 is 0 Å². The summed E-state index contributed by atoms with van der Waals surface area (Å²) < 4.78 is 27.9. The Morgan fingerprint density at radius 1 is 1.28 bits per heavy atom. The van der Waals surface area contributed by atoms with Crippen LogP contribution in [0.4, 0.5) is 0 Å². The van der Waals surface area contributed by atoms with Gasteiger partial charge in [-0.3, -0.25) is 4.79 Å². The number of allylic oxidation sites excluding steroid dienone is 2. The van der Waals surface area contributed by atoms with E-state index in [1.54, 1.807) is 19.3 Å². The molecule has 0 radical (unpaired) electrons. The van der Waals surface area contributed by atoms with Crippen LogP contribution in [0.25, 0.3) is 0 Å². The molecule has 5 atom stereocenters. The van der Waals surface area contributed by atoms with Crippen LogP contribution < -0.4 is 14.2 Å². The van der Waals surface area contributed by atoms with Crippen LogP contribution in [0.2, 0.25) is 0 Å². The highest BCUT2D eigenvalue weighted by Gasteiger charge is 2.72. The lowest BCUT2D eigenvalue weighted by Crippen LogP contribution is -2.57. The van der Waals surface area contributed by atoms with Crippen LogP contribution in [0, 0.1) is 11.3 Å². The zero-order valence-corrected chi connectivity index (χ0v) is 17.1. The van der Waals surface area contributed by atoms with Gasteiger partial charge in [-0.1, -0.05) is 13.0 Å². The van der Waals surface area contributed by atoms with Gasteiger partial charge in [0.1, 0.15) is 11.9 Å². The molecule has 7 nitrogen and oxygen atoms in total. The fourth-order valence-corrected chi connectivity index (χ4v) is 5.36. The number of hydrogen-bond acceptors (Lipinski definition) is 7. The largest absolute Gasteiger partial charge is 0.499 e. The highest BCUT2D eigenvalue weighted by molar-refractivity contribution is 6.01. The Morgan fingerprint density at radius 2 is 2.03 bits per heavy atom. The third-order valence-electron chi connectivity index (χ3n) is 6.72. The van der Waals surface area contributed by atoms with E-state index in [0.717, 1.165) is 5.56 Å². The lowest BCUT2D eigenvalue weighted by molar-refractivity contribution is -0.161. The van der Waals surface area contributed by atoms with Crippen molar-refractivity contribution in [3.05, 3.63) is 42.2 Å². The Hall–Kier alpha value is -2.51. The number of carbonyl (C=O) groups is 1. The van der Waals surface area contributed by atoms with Crippen LogP contribution in [0.15, 0.2) is 36.6 Å². The Bertz CT molecular complexity index is 891. The zero-order chi connectivity index (χ0) is 21.0. The number of aliphatic hydroxyl groups excluding tert-OH is 1. The van der Waals surface area contributed by atoms with E-state index in [1.807, 2.05) is 19.1 Å². The van der Waals surface area contributed by atoms with Crippen LogP contribution in [-0.4, -0.2) is 50.7 Å². The van der Waals surface area contributed by atoms with Crippen molar-refractivity contribution in [1.29, 1.82) is 0 Å². The summed E-state index contributed by atoms with van der Waals surface area (Å²) in [6.45, 7) is 5.93. The molecular formula is C22H26O7. The molecular weight excluding hydrogens is 376 g/mol. The van der Waals surface area contributed by atoms with Gasteiger partial charge in [0.15, 0.2) is 22.9 Å². The first-order valence-corrected chi connectivity index (χ1v) is 9.54. The average molecular weight is 402 g/mol. The normalized spacial score (nSPS) is 34.7. The second kappa shape index (κ2) is 6.78. The molecule has 1 aromatic rings. The van der Waals surface area contributed by atoms with E-state index in [2.05, 4.69) is 6.58 Å². The number of aliphatic hydroxyl groups is 1. The molecule has 0 spiro atoms. The second-order valence-corrected chi connectivity index (χ2v) is 7.74. The summed E-state index contributed by atoms with van der Waals surface area (Å²) in [5.74, 6) is 1.06. The van der Waals surface area contributed by atoms with E-state index in [9.17, 15) is 9.90 Å². The van der Waals surface area contributed by atoms with Gasteiger partial charge in [0.25, 0.3) is 0 Å². The van der Waals surface area contributed by atoms with Crippen LogP contribution in [0.3, 0.4) is 0 Å². The molecule has 1 saturated carbocycles. The van der Waals surface area contributed by atoms with Crippen LogP contribution in [0.5, 0.6) is 17.2 Å². The number of Topliss-reactive ketones (excluding diaryl/α,β-unsaturated/α-hetero) is 1. The summed E-state index contributed by atoms with van der Waals surface area (Å²) in [7, 11) is 4.49. The van der Waals surface area contributed by atoms with Gasteiger partial charge in [-0.05, 0) is 36.1 Å². The van der Waals surface area contributed by atoms with Crippen LogP contribution in [-0.2, 0) is 14.3 Å². The molecule has 29 heavy (non-hydrogen) atoms. The molecule has 0 aromatic heterocycles. The number of fused-ring (bicyclic) bond motifs is 3. The maximum absolute atomic E-state index is 13.8. The lowest BCUT2D eigenvalue weighted by atomic mass is 9.70. The van der Waals surface area contributed by atoms with Gasteiger partial charge in [-0.2, -0.15) is 0 Å². The second-order valence-electron chi connectivity index (χ2n) is 7.74. The van der Waals surface area contributed by atoms with Crippen molar-refractivity contribution in [3.63, 3.8) is 0 Å². The van der Waals surface area contributed by atoms with E-state index < -0.39 is 23.0 Å². The topological polar surface area (TPSA) is 83.5 Å². The average Bonchev–Trinajstić information content (AvgIpc) is 3.24. The maximum Gasteiger partial charge on any atom is 0.231 e. The lowest BCUT2D eigenvalue weighted by Gasteiger charge is -2.40. The Labute approximate surface area is 169 Å². The predicted octanol–water partition coefficient (Wildman–Crippen LogP) is 2.58. The van der Waals surface area contributed by atoms with Gasteiger partial charge in [0.05, 0.1) is 19.6 Å². The number of rotatable bonds is 6. The van der Waals surface area contributed by atoms with Gasteiger partial charge < -0.3 is 28.8 Å². The molecule has 1 fully saturated rings. The summed E-state index contributed by atoms with van der Waals surface area (Å²) in [6.07, 6.45) is 2.64. The third kappa shape index (κ3) is 2.34. The minimum absolute atomic E-state index is 0.0993. The smallest absolute Gasteiger partial charge is 0.231 e. The SMILES string of the molecule is C=CCC12C=C(OC)C(O)C(OC)(C1=O)C(c1cc(OC)c3c(c1)OCO3)C2C. The zero-order valence-electron chi connectivity index (χ0n) is 17.1. The summed E-state index contributed by atoms with van der Waals surface area (Å²) in [6, 6.07) is 3.66. The first kappa shape index (κ1) is 19.8. The summed E-state index contributed by atoms with van der Waals surface area (Å²) in [5, 5.41) is 11.2. The molecule has 1 heterocycles. The summed E-state index contributed by atoms with van der Waals surface area (Å²) in [4.78, 5) is 13.8. The van der Waals surface area contributed by atoms with Crippen molar-refractivity contribution in [3.8, 4) is 17.2 Å². The van der Waals surface area contributed by atoms with E-state index in [-0.39, 0.29) is 18.5 Å².